The van der Waals surface area contributed by atoms with Crippen molar-refractivity contribution in [2.24, 2.45) is 0 Å². The molecule has 0 saturated heterocycles. The van der Waals surface area contributed by atoms with E-state index in [4.69, 9.17) is 11.0 Å². The smallest absolute Gasteiger partial charge is 0.246 e. The highest BCUT2D eigenvalue weighted by Crippen LogP contribution is 2.20. The lowest BCUT2D eigenvalue weighted by Gasteiger charge is -2.08. The summed E-state index contributed by atoms with van der Waals surface area (Å²) in [6.07, 6.45) is 0. The third kappa shape index (κ3) is 3.23. The molecular weight excluding hydrogens is 334 g/mol. The predicted molar refractivity (Wildman–Crippen MR) is 83.6 cm³/mol. The van der Waals surface area contributed by atoms with Crippen LogP contribution in [0, 0.1) is 25.2 Å². The average molecular weight is 348 g/mol. The van der Waals surface area contributed by atoms with Gasteiger partial charge in [-0.3, -0.25) is 9.48 Å². The Bertz CT molecular complexity index is 745. The molecule has 0 bridgehead atoms. The second kappa shape index (κ2) is 5.97. The highest BCUT2D eigenvalue weighted by molar-refractivity contribution is 9.10. The summed E-state index contributed by atoms with van der Waals surface area (Å²) in [6, 6.07) is 7.13. The van der Waals surface area contributed by atoms with Crippen LogP contribution in [0.25, 0.3) is 0 Å². The zero-order chi connectivity index (χ0) is 15.6. The highest BCUT2D eigenvalue weighted by Gasteiger charge is 2.13. The fourth-order valence-electron chi connectivity index (χ4n) is 1.91. The van der Waals surface area contributed by atoms with Crippen molar-refractivity contribution in [1.82, 2.24) is 9.78 Å². The third-order valence-corrected chi connectivity index (χ3v) is 3.60. The van der Waals surface area contributed by atoms with E-state index in [0.29, 0.717) is 22.6 Å². The number of nitrogens with two attached hydrogens (primary N) is 1. The fraction of sp³-hybridized carbons (Fsp3) is 0.214. The molecule has 0 fully saturated rings. The molecule has 1 heterocycles. The van der Waals surface area contributed by atoms with Crippen molar-refractivity contribution in [3.63, 3.8) is 0 Å². The number of aryl methyl sites for hydroxylation is 1. The van der Waals surface area contributed by atoms with E-state index in [1.807, 2.05) is 13.0 Å². The van der Waals surface area contributed by atoms with Crippen LogP contribution < -0.4 is 11.1 Å². The number of amides is 1. The number of carbonyl (C=O) groups is 1. The van der Waals surface area contributed by atoms with E-state index in [1.54, 1.807) is 29.8 Å². The number of anilines is 2. The first-order valence-electron chi connectivity index (χ1n) is 6.21. The van der Waals surface area contributed by atoms with Gasteiger partial charge in [0.15, 0.2) is 0 Å². The van der Waals surface area contributed by atoms with Crippen LogP contribution in [0.4, 0.5) is 11.4 Å². The summed E-state index contributed by atoms with van der Waals surface area (Å²) >= 11 is 3.29. The normalized spacial score (nSPS) is 10.2. The van der Waals surface area contributed by atoms with Crippen LogP contribution in [-0.2, 0) is 11.3 Å². The first kappa shape index (κ1) is 15.1. The number of nitriles is 1. The number of hydrogen-bond acceptors (Lipinski definition) is 4. The van der Waals surface area contributed by atoms with Crippen LogP contribution in [0.5, 0.6) is 0 Å². The van der Waals surface area contributed by atoms with Gasteiger partial charge >= 0.3 is 0 Å². The van der Waals surface area contributed by atoms with E-state index in [1.165, 1.54) is 0 Å². The quantitative estimate of drug-likeness (QED) is 0.890. The van der Waals surface area contributed by atoms with Gasteiger partial charge in [0.1, 0.15) is 12.6 Å². The number of aromatic nitrogens is 2. The molecule has 0 atom stereocenters. The second-order valence-corrected chi connectivity index (χ2v) is 5.51. The van der Waals surface area contributed by atoms with Crippen molar-refractivity contribution in [2.75, 3.05) is 11.1 Å². The summed E-state index contributed by atoms with van der Waals surface area (Å²) in [4.78, 5) is 12.1. The van der Waals surface area contributed by atoms with Crippen molar-refractivity contribution in [3.8, 4) is 6.07 Å². The summed E-state index contributed by atoms with van der Waals surface area (Å²) in [5.41, 5.74) is 8.73. The molecule has 2 aromatic rings. The third-order valence-electron chi connectivity index (χ3n) is 3.11. The van der Waals surface area contributed by atoms with Crippen molar-refractivity contribution < 1.29 is 4.79 Å². The first-order chi connectivity index (χ1) is 9.92. The fourth-order valence-corrected chi connectivity index (χ4v) is 2.27. The molecule has 1 aromatic carbocycles. The van der Waals surface area contributed by atoms with Gasteiger partial charge in [0, 0.05) is 4.47 Å². The molecule has 6 nitrogen and oxygen atoms in total. The highest BCUT2D eigenvalue weighted by atomic mass is 79.9. The number of hydrogen-bond donors (Lipinski definition) is 2. The number of halogens is 1. The van der Waals surface area contributed by atoms with Gasteiger partial charge in [0.25, 0.3) is 0 Å². The maximum absolute atomic E-state index is 12.1. The molecule has 3 N–H and O–H groups in total. The Hall–Kier alpha value is -2.33. The topological polar surface area (TPSA) is 96.7 Å². The van der Waals surface area contributed by atoms with Crippen LogP contribution in [-0.4, -0.2) is 15.7 Å². The lowest BCUT2D eigenvalue weighted by atomic mass is 10.2. The van der Waals surface area contributed by atoms with Gasteiger partial charge in [-0.25, -0.2) is 0 Å². The van der Waals surface area contributed by atoms with Crippen molar-refractivity contribution in [1.29, 1.82) is 5.26 Å². The maximum Gasteiger partial charge on any atom is 0.246 e. The van der Waals surface area contributed by atoms with Gasteiger partial charge < -0.3 is 11.1 Å². The van der Waals surface area contributed by atoms with E-state index in [-0.39, 0.29) is 12.5 Å². The van der Waals surface area contributed by atoms with Gasteiger partial charge in [-0.1, -0.05) is 15.9 Å². The summed E-state index contributed by atoms with van der Waals surface area (Å²) in [7, 11) is 0. The predicted octanol–water partition coefficient (Wildman–Crippen LogP) is 2.36. The number of nitrogens with zero attached hydrogens (tertiary/aromatic N) is 3. The monoisotopic (exact) mass is 347 g/mol. The first-order valence-corrected chi connectivity index (χ1v) is 7.00. The van der Waals surface area contributed by atoms with E-state index in [2.05, 4.69) is 26.3 Å². The molecule has 0 aliphatic carbocycles. The van der Waals surface area contributed by atoms with Gasteiger partial charge in [0.2, 0.25) is 5.91 Å². The molecule has 1 aromatic heterocycles. The molecule has 2 rings (SSSR count). The van der Waals surface area contributed by atoms with Crippen LogP contribution in [0.2, 0.25) is 0 Å². The Morgan fingerprint density at radius 2 is 2.24 bits per heavy atom. The SMILES string of the molecule is Cc1nn(CC(=O)Nc2ccc(Br)cc2C#N)c(C)c1N. The molecule has 1 amide bonds. The number of benzene rings is 1. The summed E-state index contributed by atoms with van der Waals surface area (Å²) in [6.45, 7) is 3.65. The molecule has 7 heteroatoms. The Labute approximate surface area is 130 Å². The molecule has 0 unspecified atom stereocenters. The summed E-state index contributed by atoms with van der Waals surface area (Å²) < 4.78 is 2.33. The lowest BCUT2D eigenvalue weighted by molar-refractivity contribution is -0.116. The molecule has 0 aliphatic rings. The second-order valence-electron chi connectivity index (χ2n) is 4.59. The zero-order valence-electron chi connectivity index (χ0n) is 11.6. The summed E-state index contributed by atoms with van der Waals surface area (Å²) in [5.74, 6) is -0.264. The van der Waals surface area contributed by atoms with E-state index in [9.17, 15) is 4.79 Å². The van der Waals surface area contributed by atoms with E-state index in [0.717, 1.165) is 10.2 Å². The minimum Gasteiger partial charge on any atom is -0.396 e. The Balaban J connectivity index is 2.16. The molecule has 108 valence electrons. The molecule has 0 spiro atoms. The Morgan fingerprint density at radius 1 is 1.52 bits per heavy atom. The average Bonchev–Trinajstić information content (AvgIpc) is 2.68. The molecule has 0 radical (unpaired) electrons. The molecule has 21 heavy (non-hydrogen) atoms. The van der Waals surface area contributed by atoms with E-state index >= 15 is 0 Å². The number of nitrogens with one attached hydrogen (secondary N) is 1. The van der Waals surface area contributed by atoms with Crippen LogP contribution in [0.15, 0.2) is 22.7 Å². The molecule has 0 aliphatic heterocycles. The van der Waals surface area contributed by atoms with Gasteiger partial charge in [-0.2, -0.15) is 10.4 Å². The Kier molecular flexibility index (Phi) is 4.29. The molecule has 0 saturated carbocycles. The van der Waals surface area contributed by atoms with Crippen molar-refractivity contribution in [2.45, 2.75) is 20.4 Å². The zero-order valence-corrected chi connectivity index (χ0v) is 13.2. The Morgan fingerprint density at radius 3 is 2.81 bits per heavy atom. The summed E-state index contributed by atoms with van der Waals surface area (Å²) in [5, 5.41) is 16.0. The van der Waals surface area contributed by atoms with Gasteiger partial charge in [-0.05, 0) is 32.0 Å². The van der Waals surface area contributed by atoms with Gasteiger partial charge in [0.05, 0.1) is 28.3 Å². The van der Waals surface area contributed by atoms with Crippen molar-refractivity contribution >= 4 is 33.2 Å². The van der Waals surface area contributed by atoms with Crippen LogP contribution in [0.1, 0.15) is 17.0 Å². The van der Waals surface area contributed by atoms with Crippen LogP contribution in [0.3, 0.4) is 0 Å². The minimum atomic E-state index is -0.264. The standard InChI is InChI=1S/C14H14BrN5O/c1-8-14(17)9(2)20(19-8)7-13(21)18-12-4-3-11(15)5-10(12)6-16/h3-5H,7,17H2,1-2H3,(H,18,21). The van der Waals surface area contributed by atoms with Crippen molar-refractivity contribution in [3.05, 3.63) is 39.6 Å². The number of nitrogen functional groups attached to an aromatic ring is 1. The number of rotatable bonds is 3. The minimum absolute atomic E-state index is 0.0464. The van der Waals surface area contributed by atoms with Gasteiger partial charge in [-0.15, -0.1) is 0 Å². The van der Waals surface area contributed by atoms with E-state index < -0.39 is 0 Å². The lowest BCUT2D eigenvalue weighted by Crippen LogP contribution is -2.21. The molecular formula is C14H14BrN5O. The largest absolute Gasteiger partial charge is 0.396 e. The van der Waals surface area contributed by atoms with Crippen LogP contribution >= 0.6 is 15.9 Å². The number of carbonyl (C=O) groups excluding carboxylic acids is 1. The maximum atomic E-state index is 12.1.